The molecule has 0 spiro atoms. The number of carbonyl (C=O) groups excluding carboxylic acids is 1. The van der Waals surface area contributed by atoms with Crippen LogP contribution in [-0.2, 0) is 4.79 Å². The summed E-state index contributed by atoms with van der Waals surface area (Å²) in [4.78, 5) is 23.3. The molecule has 0 radical (unpaired) electrons. The highest BCUT2D eigenvalue weighted by Gasteiger charge is 2.22. The Morgan fingerprint density at radius 1 is 1.09 bits per heavy atom. The van der Waals surface area contributed by atoms with Gasteiger partial charge in [0.05, 0.1) is 6.54 Å². The molecule has 0 unspecified atom stereocenters. The molecule has 2 aliphatic heterocycles. The number of likely N-dealkylation sites (tertiary alicyclic amines) is 1. The van der Waals surface area contributed by atoms with Crippen molar-refractivity contribution in [3.05, 3.63) is 24.0 Å². The lowest BCUT2D eigenvalue weighted by Crippen LogP contribution is -2.50. The Kier molecular flexibility index (Phi) is 4.93. The third-order valence-electron chi connectivity index (χ3n) is 4.69. The highest BCUT2D eigenvalue weighted by Crippen LogP contribution is 2.17. The number of aromatic nitrogens is 1. The number of pyridine rings is 1. The zero-order valence-corrected chi connectivity index (χ0v) is 13.5. The molecule has 120 valence electrons. The quantitative estimate of drug-likeness (QED) is 0.849. The van der Waals surface area contributed by atoms with Crippen molar-refractivity contribution in [1.29, 1.82) is 0 Å². The third kappa shape index (κ3) is 3.77. The smallest absolute Gasteiger partial charge is 0.236 e. The van der Waals surface area contributed by atoms with Crippen LogP contribution in [0.25, 0.3) is 0 Å². The molecule has 2 aliphatic rings. The van der Waals surface area contributed by atoms with Gasteiger partial charge in [-0.05, 0) is 38.3 Å². The van der Waals surface area contributed by atoms with Crippen molar-refractivity contribution in [2.75, 3.05) is 50.7 Å². The topological polar surface area (TPSA) is 39.7 Å². The third-order valence-corrected chi connectivity index (χ3v) is 4.69. The summed E-state index contributed by atoms with van der Waals surface area (Å²) in [6.07, 6.45) is 5.48. The Morgan fingerprint density at radius 3 is 2.50 bits per heavy atom. The van der Waals surface area contributed by atoms with E-state index in [0.29, 0.717) is 12.5 Å². The van der Waals surface area contributed by atoms with E-state index in [1.807, 2.05) is 18.0 Å². The van der Waals surface area contributed by atoms with Crippen molar-refractivity contribution in [2.24, 2.45) is 0 Å². The molecule has 0 N–H and O–H groups in total. The highest BCUT2D eigenvalue weighted by atomic mass is 16.2. The number of carbonyl (C=O) groups is 1. The molecule has 3 rings (SSSR count). The zero-order chi connectivity index (χ0) is 15.4. The number of aryl methyl sites for hydroxylation is 1. The van der Waals surface area contributed by atoms with Crippen LogP contribution < -0.4 is 4.90 Å². The average molecular weight is 302 g/mol. The Labute approximate surface area is 132 Å². The molecule has 22 heavy (non-hydrogen) atoms. The lowest BCUT2D eigenvalue weighted by Gasteiger charge is -2.37. The van der Waals surface area contributed by atoms with Crippen molar-refractivity contribution in [3.8, 4) is 0 Å². The number of piperidine rings is 1. The van der Waals surface area contributed by atoms with Gasteiger partial charge in [0.2, 0.25) is 5.91 Å². The lowest BCUT2D eigenvalue weighted by molar-refractivity contribution is -0.133. The molecule has 2 saturated heterocycles. The number of hydrogen-bond acceptors (Lipinski definition) is 4. The first-order valence-electron chi connectivity index (χ1n) is 8.40. The fourth-order valence-corrected chi connectivity index (χ4v) is 3.33. The first-order valence-corrected chi connectivity index (χ1v) is 8.40. The van der Waals surface area contributed by atoms with Crippen LogP contribution >= 0.6 is 0 Å². The maximum atomic E-state index is 12.3. The summed E-state index contributed by atoms with van der Waals surface area (Å²) in [6.45, 7) is 8.40. The molecule has 0 aliphatic carbocycles. The van der Waals surface area contributed by atoms with E-state index in [9.17, 15) is 4.79 Å². The van der Waals surface area contributed by atoms with Gasteiger partial charge in [-0.3, -0.25) is 14.7 Å². The van der Waals surface area contributed by atoms with Gasteiger partial charge in [0.1, 0.15) is 0 Å². The van der Waals surface area contributed by atoms with Gasteiger partial charge in [-0.25, -0.2) is 0 Å². The molecule has 2 fully saturated rings. The largest absolute Gasteiger partial charge is 0.369 e. The number of nitrogens with zero attached hydrogens (tertiary/aromatic N) is 4. The molecule has 0 saturated carbocycles. The summed E-state index contributed by atoms with van der Waals surface area (Å²) in [7, 11) is 0. The number of hydrogen-bond donors (Lipinski definition) is 0. The van der Waals surface area contributed by atoms with E-state index in [-0.39, 0.29) is 0 Å². The van der Waals surface area contributed by atoms with Crippen LogP contribution in [0.2, 0.25) is 0 Å². The molecule has 1 aromatic heterocycles. The summed E-state index contributed by atoms with van der Waals surface area (Å²) in [5, 5.41) is 0. The van der Waals surface area contributed by atoms with E-state index in [1.165, 1.54) is 24.9 Å². The maximum absolute atomic E-state index is 12.3. The second-order valence-corrected chi connectivity index (χ2v) is 6.36. The zero-order valence-electron chi connectivity index (χ0n) is 13.5. The van der Waals surface area contributed by atoms with Crippen LogP contribution in [0.5, 0.6) is 0 Å². The Bertz CT molecular complexity index is 505. The van der Waals surface area contributed by atoms with Crippen molar-refractivity contribution >= 4 is 11.6 Å². The SMILES string of the molecule is Cc1cc(N2CCN(CC(=O)N3CCCCC3)CC2)ccn1. The first-order chi connectivity index (χ1) is 10.7. The highest BCUT2D eigenvalue weighted by molar-refractivity contribution is 5.78. The van der Waals surface area contributed by atoms with Gasteiger partial charge >= 0.3 is 0 Å². The van der Waals surface area contributed by atoms with E-state index in [2.05, 4.69) is 26.9 Å². The molecule has 1 amide bonds. The van der Waals surface area contributed by atoms with Gasteiger partial charge in [-0.2, -0.15) is 0 Å². The predicted molar refractivity (Wildman–Crippen MR) is 88.1 cm³/mol. The van der Waals surface area contributed by atoms with E-state index in [1.54, 1.807) is 0 Å². The molecular formula is C17H26N4O. The van der Waals surface area contributed by atoms with E-state index < -0.39 is 0 Å². The number of piperazine rings is 1. The van der Waals surface area contributed by atoms with Crippen molar-refractivity contribution in [3.63, 3.8) is 0 Å². The standard InChI is InChI=1S/C17H26N4O/c1-15-13-16(5-6-18-15)20-11-9-19(10-12-20)14-17(22)21-7-3-2-4-8-21/h5-6,13H,2-4,7-12,14H2,1H3. The molecule has 5 nitrogen and oxygen atoms in total. The van der Waals surface area contributed by atoms with Crippen LogP contribution in [0.4, 0.5) is 5.69 Å². The molecule has 1 aromatic rings. The maximum Gasteiger partial charge on any atom is 0.236 e. The summed E-state index contributed by atoms with van der Waals surface area (Å²) in [5.41, 5.74) is 2.30. The minimum absolute atomic E-state index is 0.313. The van der Waals surface area contributed by atoms with Crippen molar-refractivity contribution in [2.45, 2.75) is 26.2 Å². The normalized spacial score (nSPS) is 20.2. The van der Waals surface area contributed by atoms with Crippen LogP contribution in [0.3, 0.4) is 0 Å². The fraction of sp³-hybridized carbons (Fsp3) is 0.647. The minimum Gasteiger partial charge on any atom is -0.369 e. The molecule has 0 bridgehead atoms. The van der Waals surface area contributed by atoms with Gasteiger partial charge in [-0.15, -0.1) is 0 Å². The number of anilines is 1. The molecular weight excluding hydrogens is 276 g/mol. The summed E-state index contributed by atoms with van der Waals surface area (Å²) in [5.74, 6) is 0.313. The molecule has 5 heteroatoms. The van der Waals surface area contributed by atoms with Gasteiger partial charge in [0.15, 0.2) is 0 Å². The monoisotopic (exact) mass is 302 g/mol. The van der Waals surface area contributed by atoms with Crippen LogP contribution in [-0.4, -0.2) is 66.5 Å². The Morgan fingerprint density at radius 2 is 1.82 bits per heavy atom. The van der Waals surface area contributed by atoms with E-state index >= 15 is 0 Å². The van der Waals surface area contributed by atoms with E-state index in [4.69, 9.17) is 0 Å². The van der Waals surface area contributed by atoms with Crippen molar-refractivity contribution in [1.82, 2.24) is 14.8 Å². The second kappa shape index (κ2) is 7.09. The fourth-order valence-electron chi connectivity index (χ4n) is 3.33. The minimum atomic E-state index is 0.313. The number of rotatable bonds is 3. The number of amides is 1. The molecule has 3 heterocycles. The second-order valence-electron chi connectivity index (χ2n) is 6.36. The van der Waals surface area contributed by atoms with Gasteiger partial charge in [-0.1, -0.05) is 0 Å². The first kappa shape index (κ1) is 15.3. The van der Waals surface area contributed by atoms with Crippen LogP contribution in [0.1, 0.15) is 25.0 Å². The van der Waals surface area contributed by atoms with Gasteiger partial charge < -0.3 is 9.80 Å². The van der Waals surface area contributed by atoms with Gasteiger partial charge in [0.25, 0.3) is 0 Å². The molecule has 0 atom stereocenters. The van der Waals surface area contributed by atoms with Crippen LogP contribution in [0.15, 0.2) is 18.3 Å². The van der Waals surface area contributed by atoms with Gasteiger partial charge in [0, 0.05) is 56.8 Å². The van der Waals surface area contributed by atoms with E-state index in [0.717, 1.165) is 45.0 Å². The van der Waals surface area contributed by atoms with Crippen LogP contribution in [0, 0.1) is 6.92 Å². The Hall–Kier alpha value is -1.62. The summed E-state index contributed by atoms with van der Waals surface area (Å²) < 4.78 is 0. The predicted octanol–water partition coefficient (Wildman–Crippen LogP) is 1.52. The summed E-state index contributed by atoms with van der Waals surface area (Å²) >= 11 is 0. The Balaban J connectivity index is 1.48. The average Bonchev–Trinajstić information content (AvgIpc) is 2.56. The molecule has 0 aromatic carbocycles. The lowest BCUT2D eigenvalue weighted by atomic mass is 10.1. The van der Waals surface area contributed by atoms with Crippen molar-refractivity contribution < 1.29 is 4.79 Å². The summed E-state index contributed by atoms with van der Waals surface area (Å²) in [6, 6.07) is 4.20.